The van der Waals surface area contributed by atoms with Gasteiger partial charge in [-0.1, -0.05) is 18.2 Å². The molecule has 0 spiro atoms. The summed E-state index contributed by atoms with van der Waals surface area (Å²) in [5.74, 6) is -0.415. The molecule has 0 amide bonds. The van der Waals surface area contributed by atoms with Crippen LogP contribution in [0.5, 0.6) is 0 Å². The summed E-state index contributed by atoms with van der Waals surface area (Å²) in [4.78, 5) is 10.8. The second-order valence-corrected chi connectivity index (χ2v) is 5.20. The highest BCUT2D eigenvalue weighted by Crippen LogP contribution is 2.32. The van der Waals surface area contributed by atoms with Crippen molar-refractivity contribution in [3.8, 4) is 0 Å². The number of carboxylic acids is 1. The van der Waals surface area contributed by atoms with Crippen LogP contribution in [0.1, 0.15) is 24.1 Å². The van der Waals surface area contributed by atoms with Crippen LogP contribution in [0.3, 0.4) is 0 Å². The second kappa shape index (κ2) is 4.16. The minimum atomic E-state index is -0.684. The monoisotopic (exact) mass is 243 g/mol. The molecule has 2 heterocycles. The number of aryl methyl sites for hydroxylation is 1. The number of para-hydroxylation sites is 1. The number of aliphatic carboxylic acids is 1. The molecular formula is C15H17NO2. The highest BCUT2D eigenvalue weighted by atomic mass is 16.4. The van der Waals surface area contributed by atoms with E-state index in [0.29, 0.717) is 0 Å². The molecule has 2 aromatic rings. The molecule has 0 fully saturated rings. The smallest absolute Gasteiger partial charge is 0.303 e. The van der Waals surface area contributed by atoms with Gasteiger partial charge in [-0.3, -0.25) is 4.79 Å². The summed E-state index contributed by atoms with van der Waals surface area (Å²) in [5, 5.41) is 10.2. The zero-order valence-corrected chi connectivity index (χ0v) is 10.5. The first-order chi connectivity index (χ1) is 8.66. The van der Waals surface area contributed by atoms with Crippen LogP contribution in [0, 0.1) is 12.8 Å². The van der Waals surface area contributed by atoms with Crippen LogP contribution in [0.4, 0.5) is 0 Å². The molecule has 0 radical (unpaired) electrons. The first-order valence-electron chi connectivity index (χ1n) is 6.45. The molecule has 1 aliphatic rings. The van der Waals surface area contributed by atoms with Crippen molar-refractivity contribution in [2.24, 2.45) is 5.92 Å². The van der Waals surface area contributed by atoms with Gasteiger partial charge in [-0.05, 0) is 37.3 Å². The molecule has 0 saturated heterocycles. The Bertz CT molecular complexity index is 612. The van der Waals surface area contributed by atoms with Gasteiger partial charge in [0.1, 0.15) is 0 Å². The highest BCUT2D eigenvalue weighted by Gasteiger charge is 2.24. The Balaban J connectivity index is 2.04. The topological polar surface area (TPSA) is 42.2 Å². The van der Waals surface area contributed by atoms with E-state index in [0.717, 1.165) is 19.4 Å². The molecule has 1 aliphatic heterocycles. The number of rotatable bonds is 2. The van der Waals surface area contributed by atoms with E-state index >= 15 is 0 Å². The number of fused-ring (bicyclic) bond motifs is 3. The molecule has 1 N–H and O–H groups in total. The van der Waals surface area contributed by atoms with Crippen molar-refractivity contribution in [1.29, 1.82) is 0 Å². The molecule has 1 atom stereocenters. The van der Waals surface area contributed by atoms with Gasteiger partial charge in [0.25, 0.3) is 0 Å². The van der Waals surface area contributed by atoms with Crippen molar-refractivity contribution in [1.82, 2.24) is 4.57 Å². The zero-order chi connectivity index (χ0) is 12.7. The van der Waals surface area contributed by atoms with Crippen molar-refractivity contribution in [3.05, 3.63) is 35.5 Å². The van der Waals surface area contributed by atoms with Crippen LogP contribution < -0.4 is 0 Å². The van der Waals surface area contributed by atoms with Gasteiger partial charge in [-0.25, -0.2) is 0 Å². The number of benzene rings is 1. The minimum Gasteiger partial charge on any atom is -0.481 e. The fraction of sp³-hybridized carbons (Fsp3) is 0.400. The molecule has 3 rings (SSSR count). The van der Waals surface area contributed by atoms with Crippen LogP contribution in [-0.4, -0.2) is 15.6 Å². The number of carboxylic acid groups (broad SMARTS) is 1. The highest BCUT2D eigenvalue weighted by molar-refractivity contribution is 5.85. The van der Waals surface area contributed by atoms with Crippen molar-refractivity contribution in [2.75, 3.05) is 0 Å². The van der Waals surface area contributed by atoms with E-state index in [-0.39, 0.29) is 12.3 Å². The summed E-state index contributed by atoms with van der Waals surface area (Å²) in [6, 6.07) is 8.41. The Morgan fingerprint density at radius 1 is 1.44 bits per heavy atom. The van der Waals surface area contributed by atoms with E-state index in [1.807, 2.05) is 0 Å². The lowest BCUT2D eigenvalue weighted by atomic mass is 9.94. The predicted molar refractivity (Wildman–Crippen MR) is 70.7 cm³/mol. The predicted octanol–water partition coefficient (Wildman–Crippen LogP) is 2.99. The Morgan fingerprint density at radius 2 is 2.22 bits per heavy atom. The van der Waals surface area contributed by atoms with Crippen molar-refractivity contribution >= 4 is 16.9 Å². The lowest BCUT2D eigenvalue weighted by molar-refractivity contribution is -0.138. The van der Waals surface area contributed by atoms with Crippen molar-refractivity contribution < 1.29 is 9.90 Å². The van der Waals surface area contributed by atoms with Crippen LogP contribution in [0.25, 0.3) is 10.9 Å². The number of aromatic nitrogens is 1. The Hall–Kier alpha value is -1.77. The minimum absolute atomic E-state index is 0.269. The normalized spacial score (nSPS) is 18.8. The van der Waals surface area contributed by atoms with E-state index < -0.39 is 5.97 Å². The number of nitrogens with zero attached hydrogens (tertiary/aromatic N) is 1. The molecule has 3 heteroatoms. The van der Waals surface area contributed by atoms with E-state index in [1.54, 1.807) is 0 Å². The van der Waals surface area contributed by atoms with Gasteiger partial charge in [-0.2, -0.15) is 0 Å². The molecule has 0 aliphatic carbocycles. The molecule has 94 valence electrons. The number of carbonyl (C=O) groups is 1. The average Bonchev–Trinajstić information content (AvgIpc) is 2.63. The van der Waals surface area contributed by atoms with Crippen molar-refractivity contribution in [2.45, 2.75) is 32.7 Å². The molecule has 0 saturated carbocycles. The van der Waals surface area contributed by atoms with E-state index in [2.05, 4.69) is 35.8 Å². The Morgan fingerprint density at radius 3 is 3.00 bits per heavy atom. The van der Waals surface area contributed by atoms with Gasteiger partial charge in [0.15, 0.2) is 0 Å². The maximum Gasteiger partial charge on any atom is 0.303 e. The number of hydrogen-bond acceptors (Lipinski definition) is 1. The first-order valence-corrected chi connectivity index (χ1v) is 6.45. The molecule has 18 heavy (non-hydrogen) atoms. The van der Waals surface area contributed by atoms with Gasteiger partial charge in [0.2, 0.25) is 0 Å². The Kier molecular flexibility index (Phi) is 2.62. The molecule has 1 aromatic heterocycles. The quantitative estimate of drug-likeness (QED) is 0.881. The summed E-state index contributed by atoms with van der Waals surface area (Å²) in [5.41, 5.74) is 4.00. The largest absolute Gasteiger partial charge is 0.481 e. The summed E-state index contributed by atoms with van der Waals surface area (Å²) in [7, 11) is 0. The molecule has 1 aromatic carbocycles. The van der Waals surface area contributed by atoms with Gasteiger partial charge in [0, 0.05) is 29.6 Å². The van der Waals surface area contributed by atoms with Crippen LogP contribution in [0.15, 0.2) is 24.3 Å². The van der Waals surface area contributed by atoms with Gasteiger partial charge < -0.3 is 9.67 Å². The number of hydrogen-bond donors (Lipinski definition) is 1. The second-order valence-electron chi connectivity index (χ2n) is 5.20. The van der Waals surface area contributed by atoms with Crippen LogP contribution >= 0.6 is 0 Å². The summed E-state index contributed by atoms with van der Waals surface area (Å²) >= 11 is 0. The standard InChI is InChI=1S/C15H17NO2/c1-10-12-4-2-3-5-14(12)16-9-11(8-15(17)18)6-7-13(10)16/h2-5,11H,6-9H2,1H3,(H,17,18). The maximum atomic E-state index is 10.8. The van der Waals surface area contributed by atoms with Crippen LogP contribution in [0.2, 0.25) is 0 Å². The fourth-order valence-electron chi connectivity index (χ4n) is 3.16. The van der Waals surface area contributed by atoms with E-state index in [9.17, 15) is 4.79 Å². The molecule has 1 unspecified atom stereocenters. The fourth-order valence-corrected chi connectivity index (χ4v) is 3.16. The van der Waals surface area contributed by atoms with Crippen LogP contribution in [-0.2, 0) is 17.8 Å². The summed E-state index contributed by atoms with van der Waals surface area (Å²) in [6.45, 7) is 3.02. The third kappa shape index (κ3) is 1.70. The summed E-state index contributed by atoms with van der Waals surface area (Å²) in [6.07, 6.45) is 2.27. The van der Waals surface area contributed by atoms with E-state index in [1.165, 1.54) is 22.2 Å². The first kappa shape index (κ1) is 11.3. The molecule has 3 nitrogen and oxygen atoms in total. The van der Waals surface area contributed by atoms with Gasteiger partial charge >= 0.3 is 5.97 Å². The van der Waals surface area contributed by atoms with Gasteiger partial charge in [0.05, 0.1) is 0 Å². The molecule has 0 bridgehead atoms. The SMILES string of the molecule is Cc1c2n(c3ccccc13)CC(CC(=O)O)CC2. The molecular weight excluding hydrogens is 226 g/mol. The lowest BCUT2D eigenvalue weighted by Gasteiger charge is -2.24. The van der Waals surface area contributed by atoms with E-state index in [4.69, 9.17) is 5.11 Å². The van der Waals surface area contributed by atoms with Crippen molar-refractivity contribution in [3.63, 3.8) is 0 Å². The summed E-state index contributed by atoms with van der Waals surface area (Å²) < 4.78 is 2.32. The third-order valence-corrected chi connectivity index (χ3v) is 4.05. The Labute approximate surface area is 106 Å². The lowest BCUT2D eigenvalue weighted by Crippen LogP contribution is -2.22. The maximum absolute atomic E-state index is 10.8. The zero-order valence-electron chi connectivity index (χ0n) is 10.5. The van der Waals surface area contributed by atoms with Gasteiger partial charge in [-0.15, -0.1) is 0 Å². The third-order valence-electron chi connectivity index (χ3n) is 4.05. The average molecular weight is 243 g/mol.